The van der Waals surface area contributed by atoms with E-state index in [1.54, 1.807) is 0 Å². The third-order valence-corrected chi connectivity index (χ3v) is 2.43. The third kappa shape index (κ3) is 9.51. The van der Waals surface area contributed by atoms with Crippen LogP contribution in [0.1, 0.15) is 33.6 Å². The Balaban J connectivity index is 0.000000281. The van der Waals surface area contributed by atoms with E-state index in [1.165, 1.54) is 31.5 Å². The topological polar surface area (TPSA) is 3.24 Å². The Morgan fingerprint density at radius 3 is 2.62 bits per heavy atom. The average Bonchev–Trinajstić information content (AvgIpc) is 2.54. The van der Waals surface area contributed by atoms with Gasteiger partial charge >= 0.3 is 0 Å². The summed E-state index contributed by atoms with van der Waals surface area (Å²) in [6.45, 7) is 8.92. The first kappa shape index (κ1) is 15.0. The van der Waals surface area contributed by atoms with E-state index in [1.807, 2.05) is 24.3 Å². The summed E-state index contributed by atoms with van der Waals surface area (Å²) in [5.74, 6) is 0. The van der Waals surface area contributed by atoms with Crippen LogP contribution in [-0.4, -0.2) is 25.0 Å². The van der Waals surface area contributed by atoms with Crippen LogP contribution in [0.5, 0.6) is 0 Å². The Morgan fingerprint density at radius 1 is 1.25 bits per heavy atom. The molecule has 0 radical (unpaired) electrons. The molecule has 1 aliphatic carbocycles. The highest BCUT2D eigenvalue weighted by Gasteiger charge is 1.89. The van der Waals surface area contributed by atoms with E-state index in [2.05, 4.69) is 44.5 Å². The summed E-state index contributed by atoms with van der Waals surface area (Å²) in [7, 11) is 2.16. The van der Waals surface area contributed by atoms with Crippen molar-refractivity contribution in [3.8, 4) is 0 Å². The minimum atomic E-state index is 1.18. The van der Waals surface area contributed by atoms with Crippen molar-refractivity contribution in [3.05, 3.63) is 41.7 Å². The van der Waals surface area contributed by atoms with E-state index in [9.17, 15) is 0 Å². The zero-order valence-corrected chi connectivity index (χ0v) is 11.2. The van der Waals surface area contributed by atoms with Crippen molar-refractivity contribution in [3.63, 3.8) is 0 Å². The summed E-state index contributed by atoms with van der Waals surface area (Å²) in [4.78, 5) is 2.34. The van der Waals surface area contributed by atoms with Gasteiger partial charge in [-0.2, -0.15) is 0 Å². The number of nitrogens with zero attached hydrogens (tertiary/aromatic N) is 1. The minimum absolute atomic E-state index is 1.18. The fourth-order valence-corrected chi connectivity index (χ4v) is 1.13. The second-order valence-electron chi connectivity index (χ2n) is 4.02. The number of rotatable bonds is 4. The molecule has 0 aromatic heterocycles. The Bertz CT molecular complexity index is 278. The van der Waals surface area contributed by atoms with Crippen molar-refractivity contribution in [2.24, 2.45) is 0 Å². The van der Waals surface area contributed by atoms with Gasteiger partial charge in [0.2, 0.25) is 0 Å². The summed E-state index contributed by atoms with van der Waals surface area (Å²) < 4.78 is 0. The van der Waals surface area contributed by atoms with Gasteiger partial charge in [-0.25, -0.2) is 0 Å². The Kier molecular flexibility index (Phi) is 9.80. The highest BCUT2D eigenvalue weighted by Crippen LogP contribution is 1.97. The van der Waals surface area contributed by atoms with Crippen LogP contribution in [0, 0.1) is 0 Å². The zero-order chi connectivity index (χ0) is 12.2. The van der Waals surface area contributed by atoms with Crippen molar-refractivity contribution >= 4 is 0 Å². The summed E-state index contributed by atoms with van der Waals surface area (Å²) in [5, 5.41) is 0. The summed E-state index contributed by atoms with van der Waals surface area (Å²) in [6.07, 6.45) is 12.5. The smallest absolute Gasteiger partial charge is 0.00220 e. The predicted molar refractivity (Wildman–Crippen MR) is 73.6 cm³/mol. The van der Waals surface area contributed by atoms with E-state index in [0.29, 0.717) is 0 Å². The maximum Gasteiger partial charge on any atom is -0.00220 e. The van der Waals surface area contributed by atoms with Crippen LogP contribution in [0.2, 0.25) is 0 Å². The maximum absolute atomic E-state index is 2.96. The van der Waals surface area contributed by atoms with Gasteiger partial charge in [0.1, 0.15) is 0 Å². The second-order valence-corrected chi connectivity index (χ2v) is 4.02. The van der Waals surface area contributed by atoms with E-state index in [4.69, 9.17) is 0 Å². The van der Waals surface area contributed by atoms with Gasteiger partial charge in [0.25, 0.3) is 0 Å². The van der Waals surface area contributed by atoms with Crippen molar-refractivity contribution in [2.45, 2.75) is 33.6 Å². The molecule has 0 aliphatic heterocycles. The van der Waals surface area contributed by atoms with Crippen LogP contribution in [0.4, 0.5) is 0 Å². The molecule has 1 nitrogen and oxygen atoms in total. The number of hydrogen-bond acceptors (Lipinski definition) is 1. The molecular weight excluding hydrogens is 194 g/mol. The normalized spacial score (nSPS) is 13.2. The highest BCUT2D eigenvalue weighted by molar-refractivity contribution is 5.27. The molecule has 0 N–H and O–H groups in total. The molecule has 0 atom stereocenters. The Labute approximate surface area is 101 Å². The van der Waals surface area contributed by atoms with Gasteiger partial charge in [-0.15, -0.1) is 5.73 Å². The van der Waals surface area contributed by atoms with E-state index in [0.717, 1.165) is 0 Å². The molecule has 16 heavy (non-hydrogen) atoms. The lowest BCUT2D eigenvalue weighted by Crippen LogP contribution is -2.18. The molecule has 1 aliphatic rings. The van der Waals surface area contributed by atoms with Crippen LogP contribution in [-0.2, 0) is 0 Å². The quantitative estimate of drug-likeness (QED) is 0.647. The lowest BCUT2D eigenvalue weighted by Gasteiger charge is -2.11. The first-order chi connectivity index (χ1) is 7.70. The fourth-order valence-electron chi connectivity index (χ4n) is 1.13. The Hall–Kier alpha value is -1.04. The fraction of sp³-hybridized carbons (Fsp3) is 0.533. The van der Waals surface area contributed by atoms with Gasteiger partial charge in [-0.05, 0) is 45.6 Å². The van der Waals surface area contributed by atoms with Gasteiger partial charge in [-0.1, -0.05) is 44.1 Å². The van der Waals surface area contributed by atoms with Gasteiger partial charge in [0.15, 0.2) is 0 Å². The minimum Gasteiger partial charge on any atom is -0.307 e. The van der Waals surface area contributed by atoms with Crippen LogP contribution in [0.25, 0.3) is 0 Å². The molecule has 0 aromatic carbocycles. The summed E-state index contributed by atoms with van der Waals surface area (Å²) in [5.41, 5.74) is 4.23. The van der Waals surface area contributed by atoms with Crippen molar-refractivity contribution in [2.75, 3.05) is 20.1 Å². The molecule has 0 amide bonds. The number of unbranched alkanes of at least 4 members (excludes halogenated alkanes) is 1. The molecule has 0 aromatic rings. The third-order valence-electron chi connectivity index (χ3n) is 2.43. The van der Waals surface area contributed by atoms with Crippen molar-refractivity contribution < 1.29 is 0 Å². The van der Waals surface area contributed by atoms with Crippen LogP contribution < -0.4 is 0 Å². The number of allylic oxidation sites excluding steroid dienone is 5. The van der Waals surface area contributed by atoms with E-state index < -0.39 is 0 Å². The maximum atomic E-state index is 2.96. The highest BCUT2D eigenvalue weighted by atomic mass is 15.1. The van der Waals surface area contributed by atoms with Gasteiger partial charge < -0.3 is 4.90 Å². The summed E-state index contributed by atoms with van der Waals surface area (Å²) in [6, 6.07) is 0. The standard InChI is InChI=1S/C8H8.C7H17N/c1-8-6-4-2-3-5-7-8;1-4-6-7-8(3)5-2/h2,4-7H,1H3;4-7H2,1-3H3. The van der Waals surface area contributed by atoms with Crippen molar-refractivity contribution in [1.29, 1.82) is 0 Å². The molecule has 0 unspecified atom stereocenters. The molecule has 1 rings (SSSR count). The first-order valence-corrected chi connectivity index (χ1v) is 6.15. The average molecular weight is 219 g/mol. The molecule has 0 saturated heterocycles. The van der Waals surface area contributed by atoms with Gasteiger partial charge in [0, 0.05) is 0 Å². The molecule has 0 heterocycles. The van der Waals surface area contributed by atoms with Crippen LogP contribution in [0.3, 0.4) is 0 Å². The predicted octanol–water partition coefficient (Wildman–Crippen LogP) is 3.95. The number of hydrogen-bond donors (Lipinski definition) is 0. The molecule has 90 valence electrons. The van der Waals surface area contributed by atoms with E-state index >= 15 is 0 Å². The SMILES string of the molecule is CC1=CC=C=CC=C1.CCCCN(C)CC. The van der Waals surface area contributed by atoms with Crippen LogP contribution >= 0.6 is 0 Å². The second kappa shape index (κ2) is 10.5. The summed E-state index contributed by atoms with van der Waals surface area (Å²) >= 11 is 0. The molecule has 0 bridgehead atoms. The monoisotopic (exact) mass is 219 g/mol. The van der Waals surface area contributed by atoms with Crippen LogP contribution in [0.15, 0.2) is 41.7 Å². The molecule has 0 saturated carbocycles. The largest absolute Gasteiger partial charge is 0.307 e. The molecule has 1 heteroatoms. The first-order valence-electron chi connectivity index (χ1n) is 6.15. The zero-order valence-electron chi connectivity index (χ0n) is 11.2. The molecule has 0 fully saturated rings. The molecule has 0 spiro atoms. The molecular formula is C15H25N. The van der Waals surface area contributed by atoms with Gasteiger partial charge in [0.05, 0.1) is 0 Å². The Morgan fingerprint density at radius 2 is 2.00 bits per heavy atom. The van der Waals surface area contributed by atoms with E-state index in [-0.39, 0.29) is 0 Å². The lowest BCUT2D eigenvalue weighted by atomic mass is 10.3. The van der Waals surface area contributed by atoms with Crippen molar-refractivity contribution in [1.82, 2.24) is 4.90 Å². The van der Waals surface area contributed by atoms with Gasteiger partial charge in [-0.3, -0.25) is 0 Å². The lowest BCUT2D eigenvalue weighted by molar-refractivity contribution is 0.346.